The maximum Gasteiger partial charge on any atom is 0.265 e. The summed E-state index contributed by atoms with van der Waals surface area (Å²) in [6.45, 7) is 0.347. The molecule has 3 N–H and O–H groups in total. The molecule has 1 unspecified atom stereocenters. The number of likely N-dealkylation sites (N-methyl/N-ethyl adjacent to an activating group) is 1. The molecule has 0 saturated heterocycles. The van der Waals surface area contributed by atoms with Crippen LogP contribution >= 0.6 is 22.9 Å². The fourth-order valence-electron chi connectivity index (χ4n) is 2.11. The van der Waals surface area contributed by atoms with Crippen molar-refractivity contribution in [1.82, 2.24) is 4.90 Å². The smallest absolute Gasteiger partial charge is 0.265 e. The van der Waals surface area contributed by atoms with E-state index in [-0.39, 0.29) is 19.1 Å². The highest BCUT2D eigenvalue weighted by Crippen LogP contribution is 2.38. The molecule has 0 aliphatic carbocycles. The van der Waals surface area contributed by atoms with Crippen LogP contribution in [0.1, 0.15) is 9.67 Å². The second-order valence-corrected chi connectivity index (χ2v) is 6.21. The molecule has 0 aliphatic rings. The third-order valence-electron chi connectivity index (χ3n) is 3.09. The van der Waals surface area contributed by atoms with Crippen LogP contribution in [0.25, 0.3) is 10.1 Å². The third kappa shape index (κ3) is 3.29. The van der Waals surface area contributed by atoms with E-state index in [1.807, 2.05) is 12.1 Å². The quantitative estimate of drug-likeness (QED) is 0.882. The average molecular weight is 329 g/mol. The topological polar surface area (TPSA) is 75.8 Å². The van der Waals surface area contributed by atoms with Gasteiger partial charge in [0.05, 0.1) is 23.4 Å². The van der Waals surface area contributed by atoms with Gasteiger partial charge in [0.25, 0.3) is 5.91 Å². The summed E-state index contributed by atoms with van der Waals surface area (Å²) >= 11 is 7.43. The summed E-state index contributed by atoms with van der Waals surface area (Å²) in [6.07, 6.45) is -0.733. The van der Waals surface area contributed by atoms with Gasteiger partial charge >= 0.3 is 0 Å². The number of amides is 1. The monoisotopic (exact) mass is 328 g/mol. The van der Waals surface area contributed by atoms with E-state index in [9.17, 15) is 9.90 Å². The van der Waals surface area contributed by atoms with Crippen molar-refractivity contribution in [3.8, 4) is 0 Å². The summed E-state index contributed by atoms with van der Waals surface area (Å²) in [5, 5.41) is 10.9. The first-order valence-corrected chi connectivity index (χ1v) is 7.54. The molecule has 1 atom stereocenters. The molecule has 7 heteroatoms. The van der Waals surface area contributed by atoms with Gasteiger partial charge < -0.3 is 20.5 Å². The average Bonchev–Trinajstić information content (AvgIpc) is 2.76. The van der Waals surface area contributed by atoms with Crippen LogP contribution in [-0.2, 0) is 4.74 Å². The van der Waals surface area contributed by atoms with E-state index in [1.165, 1.54) is 23.3 Å². The zero-order valence-corrected chi connectivity index (χ0v) is 13.4. The highest BCUT2D eigenvalue weighted by atomic mass is 35.5. The van der Waals surface area contributed by atoms with Gasteiger partial charge in [-0.3, -0.25) is 4.79 Å². The molecule has 0 aliphatic heterocycles. The van der Waals surface area contributed by atoms with Crippen molar-refractivity contribution < 1.29 is 14.6 Å². The molecule has 1 amide bonds. The number of aliphatic hydroxyl groups excluding tert-OH is 1. The molecule has 0 bridgehead atoms. The maximum atomic E-state index is 12.4. The first-order chi connectivity index (χ1) is 9.95. The first-order valence-electron chi connectivity index (χ1n) is 6.34. The van der Waals surface area contributed by atoms with Gasteiger partial charge in [-0.2, -0.15) is 0 Å². The zero-order valence-electron chi connectivity index (χ0n) is 11.8. The Kier molecular flexibility index (Phi) is 5.05. The third-order valence-corrected chi connectivity index (χ3v) is 4.56. The number of methoxy groups -OCH3 is 1. The Morgan fingerprint density at radius 3 is 2.90 bits per heavy atom. The van der Waals surface area contributed by atoms with Crippen LogP contribution in [0.4, 0.5) is 5.69 Å². The van der Waals surface area contributed by atoms with Crippen LogP contribution in [0.3, 0.4) is 0 Å². The van der Waals surface area contributed by atoms with Crippen molar-refractivity contribution in [2.45, 2.75) is 6.10 Å². The Balaban J connectivity index is 2.27. The van der Waals surface area contributed by atoms with E-state index in [4.69, 9.17) is 22.1 Å². The Morgan fingerprint density at radius 2 is 2.29 bits per heavy atom. The number of hydrogen-bond acceptors (Lipinski definition) is 5. The van der Waals surface area contributed by atoms with Crippen LogP contribution in [0, 0.1) is 0 Å². The van der Waals surface area contributed by atoms with Crippen molar-refractivity contribution in [2.24, 2.45) is 0 Å². The van der Waals surface area contributed by atoms with E-state index >= 15 is 0 Å². The summed E-state index contributed by atoms with van der Waals surface area (Å²) in [5.41, 5.74) is 6.45. The number of hydrogen-bond donors (Lipinski definition) is 2. The van der Waals surface area contributed by atoms with Gasteiger partial charge in [0, 0.05) is 30.8 Å². The number of thiophene rings is 1. The van der Waals surface area contributed by atoms with E-state index in [1.54, 1.807) is 13.1 Å². The van der Waals surface area contributed by atoms with Gasteiger partial charge in [-0.25, -0.2) is 0 Å². The lowest BCUT2D eigenvalue weighted by atomic mass is 10.2. The van der Waals surface area contributed by atoms with Gasteiger partial charge in [0.1, 0.15) is 4.88 Å². The minimum absolute atomic E-state index is 0.172. The number of carbonyl (C=O) groups excluding carboxylic acids is 1. The van der Waals surface area contributed by atoms with Crippen molar-refractivity contribution in [2.75, 3.05) is 33.0 Å². The van der Waals surface area contributed by atoms with Crippen molar-refractivity contribution in [3.05, 3.63) is 28.1 Å². The second kappa shape index (κ2) is 6.62. The van der Waals surface area contributed by atoms with Crippen molar-refractivity contribution in [1.29, 1.82) is 0 Å². The van der Waals surface area contributed by atoms with Gasteiger partial charge in [0.15, 0.2) is 0 Å². The second-order valence-electron chi connectivity index (χ2n) is 4.75. The van der Waals surface area contributed by atoms with Crippen molar-refractivity contribution >= 4 is 44.6 Å². The van der Waals surface area contributed by atoms with Crippen LogP contribution in [-0.4, -0.2) is 49.3 Å². The molecule has 2 rings (SSSR count). The Morgan fingerprint density at radius 1 is 1.57 bits per heavy atom. The number of nitrogens with zero attached hydrogens (tertiary/aromatic N) is 1. The van der Waals surface area contributed by atoms with E-state index in [0.29, 0.717) is 21.0 Å². The normalized spacial score (nSPS) is 12.6. The predicted octanol–water partition coefficient (Wildman–Crippen LogP) is 2.22. The molecular formula is C14H17ClN2O3S. The molecule has 5 nitrogen and oxygen atoms in total. The number of aliphatic hydroxyl groups is 1. The predicted molar refractivity (Wildman–Crippen MR) is 86.1 cm³/mol. The van der Waals surface area contributed by atoms with Crippen LogP contribution in [0.5, 0.6) is 0 Å². The lowest BCUT2D eigenvalue weighted by Gasteiger charge is -2.20. The van der Waals surface area contributed by atoms with Gasteiger partial charge in [-0.1, -0.05) is 17.7 Å². The number of rotatable bonds is 5. The van der Waals surface area contributed by atoms with Crippen LogP contribution < -0.4 is 5.73 Å². The minimum Gasteiger partial charge on any atom is -0.397 e. The first kappa shape index (κ1) is 16.0. The molecule has 114 valence electrons. The number of anilines is 1. The molecule has 1 aromatic heterocycles. The summed E-state index contributed by atoms with van der Waals surface area (Å²) in [5.74, 6) is -0.236. The molecule has 0 fully saturated rings. The Hall–Kier alpha value is -1.34. The van der Waals surface area contributed by atoms with Crippen LogP contribution in [0.15, 0.2) is 18.2 Å². The number of ether oxygens (including phenoxy) is 1. The van der Waals surface area contributed by atoms with E-state index in [0.717, 1.165) is 4.70 Å². The molecule has 0 saturated carbocycles. The Bertz CT molecular complexity index is 659. The molecular weight excluding hydrogens is 312 g/mol. The fraction of sp³-hybridized carbons (Fsp3) is 0.357. The number of fused-ring (bicyclic) bond motifs is 1. The standard InChI is InChI=1S/C14H17ClN2O3S/c1-17(6-8(18)7-20-2)14(19)13-12(16)11-9(15)4-3-5-10(11)21-13/h3-5,8,18H,6-7,16H2,1-2H3. The summed E-state index contributed by atoms with van der Waals surface area (Å²) in [7, 11) is 3.11. The lowest BCUT2D eigenvalue weighted by molar-refractivity contribution is 0.0382. The van der Waals surface area contributed by atoms with Crippen LogP contribution in [0.2, 0.25) is 5.02 Å². The van der Waals surface area contributed by atoms with E-state index in [2.05, 4.69) is 0 Å². The Labute approximate surface area is 131 Å². The van der Waals surface area contributed by atoms with Gasteiger partial charge in [-0.15, -0.1) is 11.3 Å². The number of nitrogen functional groups attached to an aromatic ring is 1. The molecule has 0 radical (unpaired) electrons. The maximum absolute atomic E-state index is 12.4. The van der Waals surface area contributed by atoms with Gasteiger partial charge in [-0.05, 0) is 12.1 Å². The molecule has 0 spiro atoms. The zero-order chi connectivity index (χ0) is 15.6. The highest BCUT2D eigenvalue weighted by molar-refractivity contribution is 7.21. The molecule has 1 aromatic carbocycles. The SMILES string of the molecule is COCC(O)CN(C)C(=O)c1sc2cccc(Cl)c2c1N. The van der Waals surface area contributed by atoms with E-state index < -0.39 is 6.10 Å². The summed E-state index contributed by atoms with van der Waals surface area (Å²) < 4.78 is 5.72. The summed E-state index contributed by atoms with van der Waals surface area (Å²) in [6, 6.07) is 5.44. The number of nitrogens with two attached hydrogens (primary N) is 1. The lowest BCUT2D eigenvalue weighted by Crippen LogP contribution is -2.36. The van der Waals surface area contributed by atoms with Crippen molar-refractivity contribution in [3.63, 3.8) is 0 Å². The molecule has 1 heterocycles. The number of benzene rings is 1. The number of halogens is 1. The van der Waals surface area contributed by atoms with Gasteiger partial charge in [0.2, 0.25) is 0 Å². The largest absolute Gasteiger partial charge is 0.397 e. The fourth-order valence-corrected chi connectivity index (χ4v) is 3.58. The molecule has 21 heavy (non-hydrogen) atoms. The molecule has 2 aromatic rings. The number of carbonyl (C=O) groups is 1. The minimum atomic E-state index is -0.733. The highest BCUT2D eigenvalue weighted by Gasteiger charge is 2.22. The summed E-state index contributed by atoms with van der Waals surface area (Å²) in [4.78, 5) is 14.3.